The highest BCUT2D eigenvalue weighted by molar-refractivity contribution is 7.17. The average molecular weight is 419 g/mol. The molecular formula is C22H30N2O4S. The number of hydrogen-bond acceptors (Lipinski definition) is 4. The molecule has 0 spiro atoms. The number of aliphatic carboxylic acids is 1. The molecule has 29 heavy (non-hydrogen) atoms. The van der Waals surface area contributed by atoms with Gasteiger partial charge in [-0.2, -0.15) is 0 Å². The van der Waals surface area contributed by atoms with Gasteiger partial charge in [-0.3, -0.25) is 14.4 Å². The molecule has 2 amide bonds. The van der Waals surface area contributed by atoms with Crippen molar-refractivity contribution in [2.75, 3.05) is 5.32 Å². The van der Waals surface area contributed by atoms with Crippen LogP contribution in [0.5, 0.6) is 0 Å². The Kier molecular flexibility index (Phi) is 5.95. The monoisotopic (exact) mass is 418 g/mol. The maximum atomic E-state index is 13.0. The molecule has 3 aliphatic carbocycles. The molecule has 158 valence electrons. The number of carbonyl (C=O) groups excluding carboxylic acids is 2. The van der Waals surface area contributed by atoms with Crippen LogP contribution < -0.4 is 10.6 Å². The summed E-state index contributed by atoms with van der Waals surface area (Å²) in [7, 11) is 0. The number of hydrogen-bond donors (Lipinski definition) is 3. The van der Waals surface area contributed by atoms with Crippen LogP contribution in [0.2, 0.25) is 0 Å². The van der Waals surface area contributed by atoms with Gasteiger partial charge in [0, 0.05) is 10.9 Å². The number of anilines is 1. The zero-order chi connectivity index (χ0) is 20.5. The SMILES string of the molecule is CC[C@@H]1CCc2c(sc(NC(=O)[C@@H]3CCCC[C@H]3C(=O)O)c2C(=O)NC2CC2)C1. The van der Waals surface area contributed by atoms with Gasteiger partial charge < -0.3 is 15.7 Å². The quantitative estimate of drug-likeness (QED) is 0.651. The van der Waals surface area contributed by atoms with Crippen LogP contribution >= 0.6 is 11.3 Å². The van der Waals surface area contributed by atoms with Crippen molar-refractivity contribution in [2.45, 2.75) is 77.2 Å². The van der Waals surface area contributed by atoms with Gasteiger partial charge in [0.2, 0.25) is 5.91 Å². The van der Waals surface area contributed by atoms with Crippen LogP contribution in [-0.2, 0) is 22.4 Å². The molecule has 3 atom stereocenters. The minimum Gasteiger partial charge on any atom is -0.481 e. The summed E-state index contributed by atoms with van der Waals surface area (Å²) in [5, 5.41) is 16.2. The van der Waals surface area contributed by atoms with Gasteiger partial charge in [0.25, 0.3) is 5.91 Å². The number of rotatable bonds is 6. The molecule has 1 aromatic heterocycles. The number of carboxylic acid groups (broad SMARTS) is 1. The first kappa shape index (κ1) is 20.4. The molecule has 7 heteroatoms. The van der Waals surface area contributed by atoms with Crippen LogP contribution in [0.25, 0.3) is 0 Å². The molecule has 2 fully saturated rings. The van der Waals surface area contributed by atoms with Crippen LogP contribution in [0.4, 0.5) is 5.00 Å². The Labute approximate surface area is 175 Å². The lowest BCUT2D eigenvalue weighted by atomic mass is 9.78. The molecule has 1 aromatic rings. The molecule has 0 aliphatic heterocycles. The molecule has 0 unspecified atom stereocenters. The first-order valence-corrected chi connectivity index (χ1v) is 11.8. The highest BCUT2D eigenvalue weighted by Gasteiger charge is 2.37. The summed E-state index contributed by atoms with van der Waals surface area (Å²) in [6.45, 7) is 2.20. The summed E-state index contributed by atoms with van der Waals surface area (Å²) < 4.78 is 0. The molecule has 2 saturated carbocycles. The van der Waals surface area contributed by atoms with Crippen molar-refractivity contribution in [3.05, 3.63) is 16.0 Å². The number of nitrogens with one attached hydrogen (secondary N) is 2. The van der Waals surface area contributed by atoms with E-state index in [0.29, 0.717) is 29.3 Å². The van der Waals surface area contributed by atoms with Gasteiger partial charge in [0.1, 0.15) is 5.00 Å². The summed E-state index contributed by atoms with van der Waals surface area (Å²) >= 11 is 1.52. The summed E-state index contributed by atoms with van der Waals surface area (Å²) in [6.07, 6.45) is 8.90. The molecule has 0 radical (unpaired) electrons. The molecule has 0 bridgehead atoms. The lowest BCUT2D eigenvalue weighted by molar-refractivity contribution is -0.147. The van der Waals surface area contributed by atoms with E-state index in [-0.39, 0.29) is 17.9 Å². The Morgan fingerprint density at radius 2 is 1.79 bits per heavy atom. The van der Waals surface area contributed by atoms with E-state index in [2.05, 4.69) is 17.6 Å². The van der Waals surface area contributed by atoms with Gasteiger partial charge in [-0.05, 0) is 56.4 Å². The molecule has 0 aromatic carbocycles. The van der Waals surface area contributed by atoms with Crippen molar-refractivity contribution in [2.24, 2.45) is 17.8 Å². The Morgan fingerprint density at radius 3 is 2.45 bits per heavy atom. The molecule has 6 nitrogen and oxygen atoms in total. The largest absolute Gasteiger partial charge is 0.481 e. The zero-order valence-electron chi connectivity index (χ0n) is 17.0. The molecule has 4 rings (SSSR count). The molecule has 1 heterocycles. The van der Waals surface area contributed by atoms with Gasteiger partial charge in [-0.25, -0.2) is 0 Å². The minimum atomic E-state index is -0.896. The first-order valence-electron chi connectivity index (χ1n) is 11.0. The van der Waals surface area contributed by atoms with E-state index in [9.17, 15) is 19.5 Å². The third-order valence-corrected chi connectivity index (χ3v) is 7.91. The first-order chi connectivity index (χ1) is 14.0. The third-order valence-electron chi connectivity index (χ3n) is 6.74. The van der Waals surface area contributed by atoms with E-state index >= 15 is 0 Å². The van der Waals surface area contributed by atoms with Crippen molar-refractivity contribution >= 4 is 34.1 Å². The molecule has 3 N–H and O–H groups in total. The van der Waals surface area contributed by atoms with Gasteiger partial charge in [-0.1, -0.05) is 26.2 Å². The van der Waals surface area contributed by atoms with Crippen molar-refractivity contribution < 1.29 is 19.5 Å². The van der Waals surface area contributed by atoms with Crippen molar-refractivity contribution in [3.63, 3.8) is 0 Å². The second-order valence-corrected chi connectivity index (χ2v) is 9.90. The maximum absolute atomic E-state index is 13.0. The molecular weight excluding hydrogens is 388 g/mol. The maximum Gasteiger partial charge on any atom is 0.307 e. The minimum absolute atomic E-state index is 0.0892. The van der Waals surface area contributed by atoms with E-state index in [4.69, 9.17) is 0 Å². The molecule has 3 aliphatic rings. The topological polar surface area (TPSA) is 95.5 Å². The lowest BCUT2D eigenvalue weighted by Gasteiger charge is -2.27. The number of carbonyl (C=O) groups is 3. The highest BCUT2D eigenvalue weighted by atomic mass is 32.1. The highest BCUT2D eigenvalue weighted by Crippen LogP contribution is 2.41. The van der Waals surface area contributed by atoms with E-state index < -0.39 is 17.8 Å². The predicted molar refractivity (Wildman–Crippen MR) is 112 cm³/mol. The number of fused-ring (bicyclic) bond motifs is 1. The average Bonchev–Trinajstić information content (AvgIpc) is 3.45. The van der Waals surface area contributed by atoms with Crippen LogP contribution in [0, 0.1) is 17.8 Å². The van der Waals surface area contributed by atoms with Gasteiger partial charge in [0.05, 0.1) is 17.4 Å². The van der Waals surface area contributed by atoms with E-state index in [1.807, 2.05) is 0 Å². The Morgan fingerprint density at radius 1 is 1.07 bits per heavy atom. The zero-order valence-corrected chi connectivity index (χ0v) is 17.8. The summed E-state index contributed by atoms with van der Waals surface area (Å²) in [5.41, 5.74) is 1.72. The summed E-state index contributed by atoms with van der Waals surface area (Å²) in [4.78, 5) is 38.8. The number of thiophene rings is 1. The fourth-order valence-electron chi connectivity index (χ4n) is 4.76. The Balaban J connectivity index is 1.60. The fraction of sp³-hybridized carbons (Fsp3) is 0.682. The van der Waals surface area contributed by atoms with Gasteiger partial charge >= 0.3 is 5.97 Å². The number of carboxylic acids is 1. The van der Waals surface area contributed by atoms with Gasteiger partial charge in [0.15, 0.2) is 0 Å². The van der Waals surface area contributed by atoms with Crippen molar-refractivity contribution in [1.82, 2.24) is 5.32 Å². The normalized spacial score (nSPS) is 26.4. The predicted octanol–water partition coefficient (Wildman–Crippen LogP) is 3.98. The standard InChI is InChI=1S/C22H30N2O4S/c1-2-12-7-10-16-17(11-12)29-21(18(16)20(26)23-13-8-9-13)24-19(25)14-5-3-4-6-15(14)22(27)28/h12-15H,2-11H2,1H3,(H,23,26)(H,24,25)(H,27,28)/t12-,14-,15-/m1/s1. The van der Waals surface area contributed by atoms with Crippen LogP contribution in [0.15, 0.2) is 0 Å². The van der Waals surface area contributed by atoms with Crippen LogP contribution in [-0.4, -0.2) is 28.9 Å². The van der Waals surface area contributed by atoms with Crippen LogP contribution in [0.3, 0.4) is 0 Å². The van der Waals surface area contributed by atoms with Crippen LogP contribution in [0.1, 0.15) is 79.1 Å². The van der Waals surface area contributed by atoms with Gasteiger partial charge in [-0.15, -0.1) is 11.3 Å². The Bertz CT molecular complexity index is 814. The smallest absolute Gasteiger partial charge is 0.307 e. The van der Waals surface area contributed by atoms with E-state index in [1.165, 1.54) is 16.2 Å². The van der Waals surface area contributed by atoms with E-state index in [0.717, 1.165) is 56.9 Å². The Hall–Kier alpha value is -1.89. The fourth-order valence-corrected chi connectivity index (χ4v) is 6.12. The summed E-state index contributed by atoms with van der Waals surface area (Å²) in [5.74, 6) is -1.77. The molecule has 0 saturated heterocycles. The second-order valence-electron chi connectivity index (χ2n) is 8.80. The summed E-state index contributed by atoms with van der Waals surface area (Å²) in [6, 6.07) is 0.253. The van der Waals surface area contributed by atoms with Crippen molar-refractivity contribution in [1.29, 1.82) is 0 Å². The number of amides is 2. The second kappa shape index (κ2) is 8.46. The third kappa shape index (κ3) is 4.34. The lowest BCUT2D eigenvalue weighted by Crippen LogP contribution is -2.36. The van der Waals surface area contributed by atoms with E-state index in [1.54, 1.807) is 0 Å². The van der Waals surface area contributed by atoms with Crippen molar-refractivity contribution in [3.8, 4) is 0 Å².